The minimum Gasteiger partial charge on any atom is -0.352 e. The summed E-state index contributed by atoms with van der Waals surface area (Å²) in [6, 6.07) is 14.8. The smallest absolute Gasteiger partial charge is 0.264 e. The van der Waals surface area contributed by atoms with Gasteiger partial charge < -0.3 is 10.2 Å². The van der Waals surface area contributed by atoms with Gasteiger partial charge in [0.1, 0.15) is 18.4 Å². The Kier molecular flexibility index (Phi) is 10.2. The average molecular weight is 641 g/mol. The second kappa shape index (κ2) is 13.4. The van der Waals surface area contributed by atoms with Crippen LogP contribution in [0.2, 0.25) is 15.1 Å². The van der Waals surface area contributed by atoms with E-state index in [-0.39, 0.29) is 44.1 Å². The molecule has 3 aromatic rings. The summed E-state index contributed by atoms with van der Waals surface area (Å²) < 4.78 is 42.4. The van der Waals surface area contributed by atoms with E-state index in [9.17, 15) is 22.4 Å². The van der Waals surface area contributed by atoms with Crippen LogP contribution in [-0.2, 0) is 26.2 Å². The maximum absolute atomic E-state index is 14.0. The highest BCUT2D eigenvalue weighted by atomic mass is 35.5. The number of carbonyl (C=O) groups is 2. The van der Waals surface area contributed by atoms with Gasteiger partial charge in [-0.1, -0.05) is 71.9 Å². The fourth-order valence-electron chi connectivity index (χ4n) is 4.72. The van der Waals surface area contributed by atoms with Gasteiger partial charge in [0.05, 0.1) is 15.6 Å². The van der Waals surface area contributed by atoms with Gasteiger partial charge in [-0.05, 0) is 62.2 Å². The first-order valence-electron chi connectivity index (χ1n) is 13.0. The predicted octanol–water partition coefficient (Wildman–Crippen LogP) is 6.46. The monoisotopic (exact) mass is 639 g/mol. The van der Waals surface area contributed by atoms with Crippen LogP contribution in [0.3, 0.4) is 0 Å². The fourth-order valence-corrected chi connectivity index (χ4v) is 6.84. The van der Waals surface area contributed by atoms with Crippen LogP contribution in [0.5, 0.6) is 0 Å². The molecule has 0 bridgehead atoms. The Morgan fingerprint density at radius 2 is 1.59 bits per heavy atom. The van der Waals surface area contributed by atoms with Crippen molar-refractivity contribution in [1.29, 1.82) is 0 Å². The van der Waals surface area contributed by atoms with E-state index < -0.39 is 34.3 Å². The standard InChI is InChI=1S/C29H29Cl3FN3O4S/c1-19(29(38)34-20-8-5-6-9-20)35(17-23-24(30)12-7-13-25(23)31)28(37)18-36(21-14-15-27(33)26(32)16-21)41(39,40)22-10-3-2-4-11-22/h2-4,7,10-16,19-20H,5-6,8-9,17-18H2,1H3,(H,34,38). The molecule has 7 nitrogen and oxygen atoms in total. The first-order chi connectivity index (χ1) is 19.5. The molecule has 1 aliphatic carbocycles. The van der Waals surface area contributed by atoms with Crippen molar-refractivity contribution < 1.29 is 22.4 Å². The number of sulfonamides is 1. The van der Waals surface area contributed by atoms with Crippen molar-refractivity contribution in [1.82, 2.24) is 10.2 Å². The summed E-state index contributed by atoms with van der Waals surface area (Å²) in [6.07, 6.45) is 3.70. The molecular formula is C29H29Cl3FN3O4S. The summed E-state index contributed by atoms with van der Waals surface area (Å²) in [7, 11) is -4.31. The van der Waals surface area contributed by atoms with Crippen molar-refractivity contribution >= 4 is 62.3 Å². The largest absolute Gasteiger partial charge is 0.352 e. The topological polar surface area (TPSA) is 86.8 Å². The SMILES string of the molecule is CC(C(=O)NC1CCCC1)N(Cc1c(Cl)cccc1Cl)C(=O)CN(c1ccc(F)c(Cl)c1)S(=O)(=O)c1ccccc1. The molecular weight excluding hydrogens is 612 g/mol. The molecule has 1 unspecified atom stereocenters. The molecule has 0 heterocycles. The first-order valence-corrected chi connectivity index (χ1v) is 15.6. The zero-order valence-electron chi connectivity index (χ0n) is 22.2. The molecule has 4 rings (SSSR count). The number of anilines is 1. The molecule has 0 saturated heterocycles. The zero-order chi connectivity index (χ0) is 29.7. The molecule has 0 aromatic heterocycles. The Labute approximate surface area is 254 Å². The summed E-state index contributed by atoms with van der Waals surface area (Å²) in [5, 5.41) is 3.26. The minimum absolute atomic E-state index is 0.00196. The van der Waals surface area contributed by atoms with Crippen molar-refractivity contribution in [3.63, 3.8) is 0 Å². The molecule has 41 heavy (non-hydrogen) atoms. The van der Waals surface area contributed by atoms with E-state index >= 15 is 0 Å². The van der Waals surface area contributed by atoms with E-state index in [0.29, 0.717) is 5.56 Å². The van der Waals surface area contributed by atoms with Gasteiger partial charge in [-0.3, -0.25) is 13.9 Å². The van der Waals surface area contributed by atoms with E-state index in [2.05, 4.69) is 5.32 Å². The van der Waals surface area contributed by atoms with Crippen LogP contribution in [0, 0.1) is 5.82 Å². The second-order valence-corrected chi connectivity index (χ2v) is 12.9. The highest BCUT2D eigenvalue weighted by Gasteiger charge is 2.34. The highest BCUT2D eigenvalue weighted by Crippen LogP contribution is 2.30. The number of nitrogens with one attached hydrogen (secondary N) is 1. The minimum atomic E-state index is -4.31. The molecule has 0 aliphatic heterocycles. The van der Waals surface area contributed by atoms with Crippen LogP contribution < -0.4 is 9.62 Å². The van der Waals surface area contributed by atoms with Crippen molar-refractivity contribution in [2.45, 2.75) is 56.1 Å². The molecule has 1 fully saturated rings. The first kappa shape index (κ1) is 31.1. The van der Waals surface area contributed by atoms with Crippen molar-refractivity contribution in [2.24, 2.45) is 0 Å². The molecule has 1 saturated carbocycles. The number of amides is 2. The molecule has 1 N–H and O–H groups in total. The predicted molar refractivity (Wildman–Crippen MR) is 159 cm³/mol. The van der Waals surface area contributed by atoms with Crippen molar-refractivity contribution in [2.75, 3.05) is 10.8 Å². The summed E-state index contributed by atoms with van der Waals surface area (Å²) in [4.78, 5) is 28.5. The molecule has 1 atom stereocenters. The van der Waals surface area contributed by atoms with Gasteiger partial charge in [-0.2, -0.15) is 0 Å². The quantitative estimate of drug-likeness (QED) is 0.276. The average Bonchev–Trinajstić information content (AvgIpc) is 3.46. The van der Waals surface area contributed by atoms with Gasteiger partial charge in [0, 0.05) is 28.2 Å². The van der Waals surface area contributed by atoms with Gasteiger partial charge in [0.15, 0.2) is 0 Å². The Hall–Kier alpha value is -2.85. The van der Waals surface area contributed by atoms with E-state index in [1.54, 1.807) is 43.3 Å². The van der Waals surface area contributed by atoms with Gasteiger partial charge in [0.2, 0.25) is 11.8 Å². The molecule has 3 aromatic carbocycles. The van der Waals surface area contributed by atoms with E-state index in [1.165, 1.54) is 23.1 Å². The summed E-state index contributed by atoms with van der Waals surface area (Å²) in [6.45, 7) is 0.708. The Morgan fingerprint density at radius 3 is 2.20 bits per heavy atom. The number of benzene rings is 3. The normalized spacial score (nSPS) is 14.5. The van der Waals surface area contributed by atoms with Gasteiger partial charge in [-0.15, -0.1) is 0 Å². The van der Waals surface area contributed by atoms with Gasteiger partial charge in [0.25, 0.3) is 10.0 Å². The second-order valence-electron chi connectivity index (χ2n) is 9.81. The molecule has 0 radical (unpaired) electrons. The highest BCUT2D eigenvalue weighted by molar-refractivity contribution is 7.92. The van der Waals surface area contributed by atoms with Gasteiger partial charge in [-0.25, -0.2) is 12.8 Å². The lowest BCUT2D eigenvalue weighted by Crippen LogP contribution is -2.52. The third-order valence-corrected chi connectivity index (χ3v) is 9.85. The van der Waals surface area contributed by atoms with E-state index in [4.69, 9.17) is 34.8 Å². The van der Waals surface area contributed by atoms with Crippen LogP contribution in [0.25, 0.3) is 0 Å². The van der Waals surface area contributed by atoms with Crippen molar-refractivity contribution in [3.05, 3.63) is 93.2 Å². The molecule has 12 heteroatoms. The lowest BCUT2D eigenvalue weighted by molar-refractivity contribution is -0.139. The molecule has 2 amide bonds. The number of nitrogens with zero attached hydrogens (tertiary/aromatic N) is 2. The van der Waals surface area contributed by atoms with Crippen LogP contribution in [-0.4, -0.2) is 43.8 Å². The van der Waals surface area contributed by atoms with Crippen molar-refractivity contribution in [3.8, 4) is 0 Å². The maximum Gasteiger partial charge on any atom is 0.264 e. The Morgan fingerprint density at radius 1 is 0.951 bits per heavy atom. The summed E-state index contributed by atoms with van der Waals surface area (Å²) >= 11 is 18.8. The molecule has 218 valence electrons. The van der Waals surface area contributed by atoms with Gasteiger partial charge >= 0.3 is 0 Å². The maximum atomic E-state index is 14.0. The number of carbonyl (C=O) groups excluding carboxylic acids is 2. The van der Waals surface area contributed by atoms with Crippen LogP contribution in [0.1, 0.15) is 38.2 Å². The van der Waals surface area contributed by atoms with Crippen LogP contribution in [0.15, 0.2) is 71.6 Å². The fraction of sp³-hybridized carbons (Fsp3) is 0.310. The Balaban J connectivity index is 1.73. The number of rotatable bonds is 10. The molecule has 0 spiro atoms. The summed E-state index contributed by atoms with van der Waals surface area (Å²) in [5.41, 5.74) is 0.388. The van der Waals surface area contributed by atoms with Crippen LogP contribution in [0.4, 0.5) is 10.1 Å². The number of hydrogen-bond donors (Lipinski definition) is 1. The third-order valence-electron chi connectivity index (χ3n) is 7.06. The summed E-state index contributed by atoms with van der Waals surface area (Å²) in [5.74, 6) is -1.82. The lowest BCUT2D eigenvalue weighted by Gasteiger charge is -2.33. The van der Waals surface area contributed by atoms with E-state index in [1.807, 2.05) is 0 Å². The third kappa shape index (κ3) is 7.33. The van der Waals surface area contributed by atoms with Crippen LogP contribution >= 0.6 is 34.8 Å². The number of halogens is 4. The Bertz CT molecular complexity index is 1500. The van der Waals surface area contributed by atoms with E-state index in [0.717, 1.165) is 42.1 Å². The lowest BCUT2D eigenvalue weighted by atomic mass is 10.1. The zero-order valence-corrected chi connectivity index (χ0v) is 25.3. The number of hydrogen-bond acceptors (Lipinski definition) is 4. The molecule has 1 aliphatic rings.